The van der Waals surface area contributed by atoms with Gasteiger partial charge in [-0.1, -0.05) is 13.3 Å². The van der Waals surface area contributed by atoms with Gasteiger partial charge in [0.15, 0.2) is 11.5 Å². The number of methoxy groups -OCH3 is 1. The Bertz CT molecular complexity index is 287. The highest BCUT2D eigenvalue weighted by Gasteiger charge is 2.03. The molecule has 0 atom stereocenters. The van der Waals surface area contributed by atoms with E-state index >= 15 is 0 Å². The van der Waals surface area contributed by atoms with Gasteiger partial charge in [0.05, 0.1) is 13.7 Å². The Morgan fingerprint density at radius 1 is 1.29 bits per heavy atom. The van der Waals surface area contributed by atoms with Crippen LogP contribution in [0, 0.1) is 0 Å². The monoisotopic (exact) mass is 212 g/mol. The summed E-state index contributed by atoms with van der Waals surface area (Å²) in [6.45, 7) is 2.87. The Kier molecular flexibility index (Phi) is 4.66. The number of ether oxygens (including phenoxy) is 2. The van der Waals surface area contributed by atoms with E-state index in [2.05, 4.69) is 19.6 Å². The normalized spacial score (nSPS) is 9.93. The predicted octanol–water partition coefficient (Wildman–Crippen LogP) is 3.16. The van der Waals surface area contributed by atoms with E-state index < -0.39 is 0 Å². The molecule has 0 radical (unpaired) electrons. The quantitative estimate of drug-likeness (QED) is 0.597. The highest BCUT2D eigenvalue weighted by atomic mass is 32.1. The maximum absolute atomic E-state index is 5.56. The molecular weight excluding hydrogens is 196 g/mol. The average molecular weight is 212 g/mol. The first kappa shape index (κ1) is 11.2. The van der Waals surface area contributed by atoms with Gasteiger partial charge in [-0.05, 0) is 24.6 Å². The zero-order valence-electron chi connectivity index (χ0n) is 8.62. The molecule has 0 unspecified atom stereocenters. The Balaban J connectivity index is 2.65. The minimum Gasteiger partial charge on any atom is -0.493 e. The van der Waals surface area contributed by atoms with Crippen LogP contribution in [-0.2, 0) is 0 Å². The first-order chi connectivity index (χ1) is 6.77. The van der Waals surface area contributed by atoms with Gasteiger partial charge in [0.1, 0.15) is 0 Å². The van der Waals surface area contributed by atoms with Gasteiger partial charge in [-0.15, -0.1) is 12.6 Å². The molecule has 0 spiro atoms. The van der Waals surface area contributed by atoms with Crippen molar-refractivity contribution in [2.45, 2.75) is 24.7 Å². The smallest absolute Gasteiger partial charge is 0.161 e. The molecule has 2 nitrogen and oxygen atoms in total. The van der Waals surface area contributed by atoms with Crippen molar-refractivity contribution in [3.8, 4) is 11.5 Å². The summed E-state index contributed by atoms with van der Waals surface area (Å²) in [5, 5.41) is 0. The number of hydrogen-bond acceptors (Lipinski definition) is 3. The van der Waals surface area contributed by atoms with Crippen molar-refractivity contribution in [3.05, 3.63) is 18.2 Å². The van der Waals surface area contributed by atoms with Crippen LogP contribution in [0.3, 0.4) is 0 Å². The van der Waals surface area contributed by atoms with Crippen molar-refractivity contribution in [2.75, 3.05) is 13.7 Å². The summed E-state index contributed by atoms with van der Waals surface area (Å²) in [6.07, 6.45) is 2.19. The molecular formula is C11H16O2S. The van der Waals surface area contributed by atoms with E-state index in [1.54, 1.807) is 7.11 Å². The van der Waals surface area contributed by atoms with Crippen LogP contribution in [0.4, 0.5) is 0 Å². The summed E-state index contributed by atoms with van der Waals surface area (Å²) < 4.78 is 10.7. The van der Waals surface area contributed by atoms with E-state index in [4.69, 9.17) is 9.47 Å². The lowest BCUT2D eigenvalue weighted by molar-refractivity contribution is 0.288. The number of hydrogen-bond donors (Lipinski definition) is 1. The van der Waals surface area contributed by atoms with Gasteiger partial charge < -0.3 is 9.47 Å². The Labute approximate surface area is 90.6 Å². The van der Waals surface area contributed by atoms with Crippen molar-refractivity contribution >= 4 is 12.6 Å². The molecule has 0 aliphatic carbocycles. The lowest BCUT2D eigenvalue weighted by Crippen LogP contribution is -1.98. The SMILES string of the molecule is CCCCOc1ccc(S)cc1OC. The van der Waals surface area contributed by atoms with Gasteiger partial charge >= 0.3 is 0 Å². The van der Waals surface area contributed by atoms with Gasteiger partial charge in [0.2, 0.25) is 0 Å². The van der Waals surface area contributed by atoms with E-state index in [-0.39, 0.29) is 0 Å². The van der Waals surface area contributed by atoms with Crippen LogP contribution in [0.2, 0.25) is 0 Å². The Morgan fingerprint density at radius 2 is 2.07 bits per heavy atom. The van der Waals surface area contributed by atoms with Gasteiger partial charge in [-0.2, -0.15) is 0 Å². The van der Waals surface area contributed by atoms with Gasteiger partial charge in [0, 0.05) is 4.90 Å². The molecule has 0 N–H and O–H groups in total. The lowest BCUT2D eigenvalue weighted by Gasteiger charge is -2.10. The highest BCUT2D eigenvalue weighted by Crippen LogP contribution is 2.29. The van der Waals surface area contributed by atoms with Crippen LogP contribution in [0.15, 0.2) is 23.1 Å². The topological polar surface area (TPSA) is 18.5 Å². The summed E-state index contributed by atoms with van der Waals surface area (Å²) >= 11 is 4.23. The molecule has 0 fully saturated rings. The molecule has 3 heteroatoms. The van der Waals surface area contributed by atoms with Crippen molar-refractivity contribution in [3.63, 3.8) is 0 Å². The minimum absolute atomic E-state index is 0.735. The lowest BCUT2D eigenvalue weighted by atomic mass is 10.3. The molecule has 0 amide bonds. The molecule has 14 heavy (non-hydrogen) atoms. The third-order valence-corrected chi connectivity index (χ3v) is 2.18. The number of benzene rings is 1. The number of thiol groups is 1. The molecule has 1 rings (SSSR count). The zero-order valence-corrected chi connectivity index (χ0v) is 9.51. The molecule has 0 aliphatic rings. The Morgan fingerprint density at radius 3 is 2.71 bits per heavy atom. The fourth-order valence-corrected chi connectivity index (χ4v) is 1.29. The van der Waals surface area contributed by atoms with E-state index in [1.807, 2.05) is 18.2 Å². The molecule has 0 saturated carbocycles. The van der Waals surface area contributed by atoms with Crippen molar-refractivity contribution in [2.24, 2.45) is 0 Å². The molecule has 0 aliphatic heterocycles. The van der Waals surface area contributed by atoms with E-state index in [1.165, 1.54) is 0 Å². The van der Waals surface area contributed by atoms with Crippen LogP contribution in [-0.4, -0.2) is 13.7 Å². The summed E-state index contributed by atoms with van der Waals surface area (Å²) in [7, 11) is 1.63. The molecule has 1 aromatic carbocycles. The molecule has 0 saturated heterocycles. The van der Waals surface area contributed by atoms with Crippen molar-refractivity contribution in [1.82, 2.24) is 0 Å². The fraction of sp³-hybridized carbons (Fsp3) is 0.455. The van der Waals surface area contributed by atoms with E-state index in [0.29, 0.717) is 0 Å². The highest BCUT2D eigenvalue weighted by molar-refractivity contribution is 7.80. The van der Waals surface area contributed by atoms with Gasteiger partial charge in [0.25, 0.3) is 0 Å². The summed E-state index contributed by atoms with van der Waals surface area (Å²) in [5.41, 5.74) is 0. The largest absolute Gasteiger partial charge is 0.493 e. The van der Waals surface area contributed by atoms with Gasteiger partial charge in [-0.25, -0.2) is 0 Å². The maximum Gasteiger partial charge on any atom is 0.161 e. The molecule has 0 aromatic heterocycles. The molecule has 78 valence electrons. The van der Waals surface area contributed by atoms with Crippen molar-refractivity contribution < 1.29 is 9.47 Å². The second-order valence-electron chi connectivity index (χ2n) is 3.04. The minimum atomic E-state index is 0.735. The first-order valence-electron chi connectivity index (χ1n) is 4.77. The van der Waals surface area contributed by atoms with Crippen molar-refractivity contribution in [1.29, 1.82) is 0 Å². The third-order valence-electron chi connectivity index (χ3n) is 1.90. The fourth-order valence-electron chi connectivity index (χ4n) is 1.10. The molecule has 0 bridgehead atoms. The van der Waals surface area contributed by atoms with Crippen LogP contribution < -0.4 is 9.47 Å². The third kappa shape index (κ3) is 3.14. The van der Waals surface area contributed by atoms with Crippen LogP contribution in [0.1, 0.15) is 19.8 Å². The first-order valence-corrected chi connectivity index (χ1v) is 5.22. The van der Waals surface area contributed by atoms with Crippen LogP contribution in [0.25, 0.3) is 0 Å². The molecule has 1 aromatic rings. The standard InChI is InChI=1S/C11H16O2S/c1-3-4-7-13-10-6-5-9(14)8-11(10)12-2/h5-6,8,14H,3-4,7H2,1-2H3. The van der Waals surface area contributed by atoms with E-state index in [0.717, 1.165) is 35.8 Å². The van der Waals surface area contributed by atoms with E-state index in [9.17, 15) is 0 Å². The second kappa shape index (κ2) is 5.81. The second-order valence-corrected chi connectivity index (χ2v) is 3.55. The summed E-state index contributed by atoms with van der Waals surface area (Å²) in [6, 6.07) is 5.63. The van der Waals surface area contributed by atoms with Crippen LogP contribution in [0.5, 0.6) is 11.5 Å². The van der Waals surface area contributed by atoms with Gasteiger partial charge in [-0.3, -0.25) is 0 Å². The Hall–Kier alpha value is -0.830. The predicted molar refractivity (Wildman–Crippen MR) is 60.6 cm³/mol. The number of rotatable bonds is 5. The average Bonchev–Trinajstić information content (AvgIpc) is 2.20. The maximum atomic E-state index is 5.56. The molecule has 0 heterocycles. The van der Waals surface area contributed by atoms with Crippen LogP contribution >= 0.6 is 12.6 Å². The number of unbranched alkanes of at least 4 members (excludes halogenated alkanes) is 1. The zero-order chi connectivity index (χ0) is 10.4. The summed E-state index contributed by atoms with van der Waals surface area (Å²) in [5.74, 6) is 1.53. The summed E-state index contributed by atoms with van der Waals surface area (Å²) in [4.78, 5) is 0.879.